The van der Waals surface area contributed by atoms with E-state index in [-0.39, 0.29) is 11.5 Å². The Morgan fingerprint density at radius 2 is 2.15 bits per heavy atom. The zero-order valence-corrected chi connectivity index (χ0v) is 12.5. The number of ether oxygens (including phenoxy) is 1. The van der Waals surface area contributed by atoms with Crippen LogP contribution in [0.3, 0.4) is 0 Å². The van der Waals surface area contributed by atoms with E-state index in [2.05, 4.69) is 20.4 Å². The molecule has 2 aromatic rings. The van der Waals surface area contributed by atoms with Crippen LogP contribution in [0.5, 0.6) is 0 Å². The number of hydrogen-bond acceptors (Lipinski definition) is 5. The topological polar surface area (TPSA) is 88.6 Å². The lowest BCUT2D eigenvalue weighted by Crippen LogP contribution is -2.16. The highest BCUT2D eigenvalue weighted by Crippen LogP contribution is 2.17. The van der Waals surface area contributed by atoms with E-state index in [0.29, 0.717) is 29.3 Å². The number of rotatable bonds is 5. The lowest BCUT2D eigenvalue weighted by Gasteiger charge is -2.08. The quantitative estimate of drug-likeness (QED) is 0.815. The smallest absolute Gasteiger partial charge is 0.275 e. The summed E-state index contributed by atoms with van der Waals surface area (Å²) >= 11 is 5.18. The first-order valence-electron chi connectivity index (χ1n) is 6.28. The van der Waals surface area contributed by atoms with Crippen molar-refractivity contribution in [2.24, 2.45) is 0 Å². The first-order chi connectivity index (χ1) is 9.54. The predicted molar refractivity (Wildman–Crippen MR) is 77.2 cm³/mol. The highest BCUT2D eigenvalue weighted by Gasteiger charge is 2.14. The van der Waals surface area contributed by atoms with E-state index in [9.17, 15) is 4.79 Å². The highest BCUT2D eigenvalue weighted by atomic mass is 32.1. The fourth-order valence-corrected chi connectivity index (χ4v) is 2.02. The molecule has 0 atom stereocenters. The number of aromatic nitrogens is 5. The van der Waals surface area contributed by atoms with Crippen LogP contribution >= 0.6 is 12.2 Å². The number of methoxy groups -OCH3 is 1. The van der Waals surface area contributed by atoms with Crippen LogP contribution in [0.2, 0.25) is 0 Å². The van der Waals surface area contributed by atoms with Crippen molar-refractivity contribution in [3.8, 4) is 11.4 Å². The van der Waals surface area contributed by atoms with Crippen molar-refractivity contribution in [3.63, 3.8) is 0 Å². The van der Waals surface area contributed by atoms with E-state index in [0.717, 1.165) is 5.69 Å². The van der Waals surface area contributed by atoms with Gasteiger partial charge in [0.15, 0.2) is 10.6 Å². The minimum Gasteiger partial charge on any atom is -0.383 e. The second-order valence-corrected chi connectivity index (χ2v) is 5.07. The first-order valence-corrected chi connectivity index (χ1v) is 6.69. The fourth-order valence-electron chi connectivity index (χ4n) is 1.80. The van der Waals surface area contributed by atoms with Crippen molar-refractivity contribution in [1.82, 2.24) is 25.0 Å². The second kappa shape index (κ2) is 6.10. The number of nitrogens with one attached hydrogen (secondary N) is 2. The van der Waals surface area contributed by atoms with Gasteiger partial charge in [-0.15, -0.1) is 0 Å². The summed E-state index contributed by atoms with van der Waals surface area (Å²) in [6.45, 7) is 5.03. The van der Waals surface area contributed by atoms with E-state index >= 15 is 0 Å². The van der Waals surface area contributed by atoms with E-state index in [1.807, 2.05) is 13.8 Å². The van der Waals surface area contributed by atoms with Crippen LogP contribution in [-0.4, -0.2) is 38.7 Å². The Morgan fingerprint density at radius 1 is 1.40 bits per heavy atom. The average molecular weight is 295 g/mol. The van der Waals surface area contributed by atoms with Gasteiger partial charge in [-0.25, -0.2) is 5.10 Å². The van der Waals surface area contributed by atoms with Gasteiger partial charge in [-0.1, -0.05) is 13.8 Å². The van der Waals surface area contributed by atoms with Gasteiger partial charge >= 0.3 is 0 Å². The van der Waals surface area contributed by atoms with Crippen LogP contribution in [0, 0.1) is 4.77 Å². The van der Waals surface area contributed by atoms with Gasteiger partial charge in [0.05, 0.1) is 24.4 Å². The molecule has 0 aromatic carbocycles. The van der Waals surface area contributed by atoms with Crippen LogP contribution in [0.1, 0.15) is 25.5 Å². The normalized spacial score (nSPS) is 11.2. The van der Waals surface area contributed by atoms with Gasteiger partial charge in [-0.2, -0.15) is 10.2 Å². The lowest BCUT2D eigenvalue weighted by atomic mass is 10.1. The third-order valence-electron chi connectivity index (χ3n) is 2.93. The van der Waals surface area contributed by atoms with Crippen LogP contribution in [-0.2, 0) is 11.3 Å². The van der Waals surface area contributed by atoms with Crippen LogP contribution in [0.4, 0.5) is 0 Å². The Labute approximate surface area is 121 Å². The molecular weight excluding hydrogens is 278 g/mol. The maximum atomic E-state index is 12.0. The van der Waals surface area contributed by atoms with Crippen LogP contribution < -0.4 is 5.56 Å². The Morgan fingerprint density at radius 3 is 2.80 bits per heavy atom. The van der Waals surface area contributed by atoms with Gasteiger partial charge in [-0.3, -0.25) is 14.5 Å². The summed E-state index contributed by atoms with van der Waals surface area (Å²) in [5.74, 6) is 0.706. The van der Waals surface area contributed by atoms with Gasteiger partial charge < -0.3 is 4.74 Å². The zero-order chi connectivity index (χ0) is 14.7. The average Bonchev–Trinajstić information content (AvgIpc) is 2.78. The van der Waals surface area contributed by atoms with E-state index in [4.69, 9.17) is 17.0 Å². The molecule has 0 fully saturated rings. The van der Waals surface area contributed by atoms with Gasteiger partial charge in [0.2, 0.25) is 0 Å². The molecule has 0 spiro atoms. The Balaban J connectivity index is 2.54. The molecule has 7 nitrogen and oxygen atoms in total. The maximum Gasteiger partial charge on any atom is 0.275 e. The second-order valence-electron chi connectivity index (χ2n) is 4.69. The monoisotopic (exact) mass is 295 g/mol. The minimum atomic E-state index is -0.290. The van der Waals surface area contributed by atoms with Crippen molar-refractivity contribution >= 4 is 12.2 Å². The van der Waals surface area contributed by atoms with Gasteiger partial charge in [0, 0.05) is 7.11 Å². The molecule has 20 heavy (non-hydrogen) atoms. The molecule has 0 aliphatic heterocycles. The molecule has 0 bridgehead atoms. The van der Waals surface area contributed by atoms with Crippen molar-refractivity contribution in [1.29, 1.82) is 0 Å². The summed E-state index contributed by atoms with van der Waals surface area (Å²) in [6.07, 6.45) is 0. The van der Waals surface area contributed by atoms with Gasteiger partial charge in [-0.05, 0) is 24.2 Å². The molecule has 108 valence electrons. The summed E-state index contributed by atoms with van der Waals surface area (Å²) < 4.78 is 7.25. The van der Waals surface area contributed by atoms with Crippen molar-refractivity contribution in [2.45, 2.75) is 26.3 Å². The number of H-pyrrole nitrogens is 2. The van der Waals surface area contributed by atoms with Crippen LogP contribution in [0.15, 0.2) is 10.9 Å². The molecule has 2 N–H and O–H groups in total. The minimum absolute atomic E-state index is 0.208. The van der Waals surface area contributed by atoms with E-state index in [1.165, 1.54) is 0 Å². The number of aromatic amines is 2. The Hall–Kier alpha value is -1.80. The number of nitrogens with zero attached hydrogens (tertiary/aromatic N) is 3. The molecule has 0 unspecified atom stereocenters. The molecule has 0 saturated carbocycles. The largest absolute Gasteiger partial charge is 0.383 e. The molecule has 8 heteroatoms. The van der Waals surface area contributed by atoms with E-state index in [1.54, 1.807) is 17.7 Å². The summed E-state index contributed by atoms with van der Waals surface area (Å²) in [6, 6.07) is 1.75. The van der Waals surface area contributed by atoms with Crippen molar-refractivity contribution < 1.29 is 4.74 Å². The third kappa shape index (κ3) is 2.86. The number of hydrogen-bond donors (Lipinski definition) is 2. The van der Waals surface area contributed by atoms with Crippen LogP contribution in [0.25, 0.3) is 11.4 Å². The van der Waals surface area contributed by atoms with Gasteiger partial charge in [0.25, 0.3) is 5.56 Å². The molecule has 2 rings (SSSR count). The Kier molecular flexibility index (Phi) is 4.46. The summed E-state index contributed by atoms with van der Waals surface area (Å²) in [5, 5.41) is 13.4. The van der Waals surface area contributed by atoms with E-state index < -0.39 is 0 Å². The molecule has 2 aromatic heterocycles. The summed E-state index contributed by atoms with van der Waals surface area (Å²) in [7, 11) is 1.61. The molecule has 0 saturated heterocycles. The maximum absolute atomic E-state index is 12.0. The molecule has 2 heterocycles. The fraction of sp³-hybridized carbons (Fsp3) is 0.500. The standard InChI is InChI=1S/C12H17N5O2S/c1-7(2)9-6-8(11(18)15-13-9)10-14-16-12(20)17(10)4-5-19-3/h6-7H,4-5H2,1-3H3,(H,15,18)(H,16,20). The van der Waals surface area contributed by atoms with Gasteiger partial charge in [0.1, 0.15) is 0 Å². The predicted octanol–water partition coefficient (Wildman–Crippen LogP) is 1.46. The zero-order valence-electron chi connectivity index (χ0n) is 11.6. The molecule has 0 aliphatic carbocycles. The van der Waals surface area contributed by atoms with Crippen molar-refractivity contribution in [2.75, 3.05) is 13.7 Å². The lowest BCUT2D eigenvalue weighted by molar-refractivity contribution is 0.187. The molecule has 0 aliphatic rings. The first kappa shape index (κ1) is 14.6. The SMILES string of the molecule is COCCn1c(-c2cc(C(C)C)n[nH]c2=O)n[nH]c1=S. The third-order valence-corrected chi connectivity index (χ3v) is 3.24. The Bertz CT molecular complexity index is 700. The summed E-state index contributed by atoms with van der Waals surface area (Å²) in [4.78, 5) is 12.0. The summed E-state index contributed by atoms with van der Waals surface area (Å²) in [5.41, 5.74) is 0.959. The molecular formula is C12H17N5O2S. The highest BCUT2D eigenvalue weighted by molar-refractivity contribution is 7.71. The molecule has 0 amide bonds. The molecule has 0 radical (unpaired) electrons. The van der Waals surface area contributed by atoms with Crippen molar-refractivity contribution in [3.05, 3.63) is 26.9 Å².